The third-order valence-electron chi connectivity index (χ3n) is 6.67. The maximum atomic E-state index is 14.3. The summed E-state index contributed by atoms with van der Waals surface area (Å²) >= 11 is 11.9. The molecule has 0 spiro atoms. The van der Waals surface area contributed by atoms with Gasteiger partial charge in [0.15, 0.2) is 0 Å². The van der Waals surface area contributed by atoms with Gasteiger partial charge in [0, 0.05) is 41.2 Å². The van der Waals surface area contributed by atoms with E-state index in [-0.39, 0.29) is 40.0 Å². The molecule has 1 fully saturated rings. The number of benzene rings is 2. The van der Waals surface area contributed by atoms with Crippen molar-refractivity contribution in [1.82, 2.24) is 4.90 Å². The lowest BCUT2D eigenvalue weighted by molar-refractivity contribution is -0.275. The second-order valence-electron chi connectivity index (χ2n) is 9.43. The number of ether oxygens (including phenoxy) is 1. The van der Waals surface area contributed by atoms with Crippen molar-refractivity contribution in [2.24, 2.45) is 10.6 Å². The standard InChI is InChI=1S/C26H22Cl2F3N3O4/c1-15-7-16(3-4-20(15)23(36)34(22(35)12-37-2)14-24(13-32)5-6-24)21-11-25(38-33-21,26(29,30)31)17-8-18(27)10-19(28)9-17/h3-4,7-10H,5-6,11-12,14H2,1-2H3. The van der Waals surface area contributed by atoms with Crippen molar-refractivity contribution in [1.29, 1.82) is 5.26 Å². The highest BCUT2D eigenvalue weighted by atomic mass is 35.5. The summed E-state index contributed by atoms with van der Waals surface area (Å²) in [7, 11) is 1.32. The number of oxime groups is 1. The van der Waals surface area contributed by atoms with Gasteiger partial charge in [0.2, 0.25) is 0 Å². The molecular formula is C26H22Cl2F3N3O4. The highest BCUT2D eigenvalue weighted by Crippen LogP contribution is 2.50. The summed E-state index contributed by atoms with van der Waals surface area (Å²) in [5, 5.41) is 13.2. The number of hydrogen-bond acceptors (Lipinski definition) is 6. The van der Waals surface area contributed by atoms with E-state index in [0.29, 0.717) is 24.0 Å². The molecule has 1 heterocycles. The number of nitrogens with zero attached hydrogens (tertiary/aromatic N) is 3. The van der Waals surface area contributed by atoms with Crippen molar-refractivity contribution >= 4 is 40.7 Å². The van der Waals surface area contributed by atoms with E-state index in [0.717, 1.165) is 17.0 Å². The van der Waals surface area contributed by atoms with Gasteiger partial charge in [-0.3, -0.25) is 14.5 Å². The largest absolute Gasteiger partial charge is 0.435 e. The Morgan fingerprint density at radius 2 is 1.84 bits per heavy atom. The van der Waals surface area contributed by atoms with Crippen molar-refractivity contribution < 1.29 is 32.3 Å². The Morgan fingerprint density at radius 3 is 2.37 bits per heavy atom. The summed E-state index contributed by atoms with van der Waals surface area (Å²) < 4.78 is 47.8. The first-order valence-corrected chi connectivity index (χ1v) is 12.2. The predicted octanol–water partition coefficient (Wildman–Crippen LogP) is 5.80. The fourth-order valence-corrected chi connectivity index (χ4v) is 4.83. The molecule has 2 amide bonds. The molecule has 1 unspecified atom stereocenters. The van der Waals surface area contributed by atoms with E-state index in [1.54, 1.807) is 6.92 Å². The van der Waals surface area contributed by atoms with Gasteiger partial charge in [0.05, 0.1) is 17.2 Å². The molecule has 1 atom stereocenters. The van der Waals surface area contributed by atoms with Crippen LogP contribution in [0.25, 0.3) is 0 Å². The lowest BCUT2D eigenvalue weighted by Gasteiger charge is -2.29. The van der Waals surface area contributed by atoms with Gasteiger partial charge in [0.25, 0.3) is 17.4 Å². The zero-order valence-corrected chi connectivity index (χ0v) is 21.9. The van der Waals surface area contributed by atoms with Crippen LogP contribution in [0.3, 0.4) is 0 Å². The van der Waals surface area contributed by atoms with E-state index in [1.165, 1.54) is 31.4 Å². The molecule has 12 heteroatoms. The van der Waals surface area contributed by atoms with Gasteiger partial charge in [-0.25, -0.2) is 0 Å². The summed E-state index contributed by atoms with van der Waals surface area (Å²) in [6, 6.07) is 10.1. The highest BCUT2D eigenvalue weighted by molar-refractivity contribution is 6.34. The molecule has 1 aliphatic carbocycles. The number of amides is 2. The summed E-state index contributed by atoms with van der Waals surface area (Å²) in [4.78, 5) is 32.0. The van der Waals surface area contributed by atoms with Crippen LogP contribution in [-0.4, -0.2) is 48.9 Å². The Labute approximate surface area is 226 Å². The van der Waals surface area contributed by atoms with E-state index in [9.17, 15) is 28.0 Å². The van der Waals surface area contributed by atoms with Crippen molar-refractivity contribution in [3.8, 4) is 6.07 Å². The molecule has 2 aliphatic rings. The smallest absolute Gasteiger partial charge is 0.375 e. The fraction of sp³-hybridized carbons (Fsp3) is 0.385. The normalized spacial score (nSPS) is 19.8. The van der Waals surface area contributed by atoms with E-state index in [1.807, 2.05) is 0 Å². The number of hydrogen-bond donors (Lipinski definition) is 0. The summed E-state index contributed by atoms with van der Waals surface area (Å²) in [5.41, 5.74) is -2.97. The van der Waals surface area contributed by atoms with Crippen LogP contribution in [-0.2, 0) is 20.0 Å². The number of carbonyl (C=O) groups excluding carboxylic acids is 2. The Hall–Kier alpha value is -3.13. The molecule has 0 N–H and O–H groups in total. The van der Waals surface area contributed by atoms with E-state index in [2.05, 4.69) is 11.2 Å². The number of rotatable bonds is 7. The Bertz CT molecular complexity index is 1350. The SMILES string of the molecule is COCC(=O)N(CC1(C#N)CC1)C(=O)c1ccc(C2=NOC(c3cc(Cl)cc(Cl)c3)(C(F)(F)F)C2)cc1C. The second kappa shape index (κ2) is 10.2. The average molecular weight is 568 g/mol. The molecule has 200 valence electrons. The quantitative estimate of drug-likeness (QED) is 0.421. The topological polar surface area (TPSA) is 92.0 Å². The van der Waals surface area contributed by atoms with Crippen molar-refractivity contribution in [3.05, 3.63) is 68.7 Å². The van der Waals surface area contributed by atoms with Crippen LogP contribution in [0, 0.1) is 23.7 Å². The monoisotopic (exact) mass is 567 g/mol. The van der Waals surface area contributed by atoms with Gasteiger partial charge in [-0.15, -0.1) is 0 Å². The minimum absolute atomic E-state index is 0.00857. The van der Waals surface area contributed by atoms with E-state index in [4.69, 9.17) is 32.8 Å². The van der Waals surface area contributed by atoms with E-state index < -0.39 is 35.4 Å². The molecule has 7 nitrogen and oxygen atoms in total. The molecule has 0 bridgehead atoms. The minimum atomic E-state index is -4.85. The highest BCUT2D eigenvalue weighted by Gasteiger charge is 2.62. The molecule has 0 saturated heterocycles. The third-order valence-corrected chi connectivity index (χ3v) is 7.11. The lowest BCUT2D eigenvalue weighted by Crippen LogP contribution is -2.43. The van der Waals surface area contributed by atoms with Crippen LogP contribution in [0.2, 0.25) is 10.0 Å². The molecule has 4 rings (SSSR count). The number of imide groups is 1. The van der Waals surface area contributed by atoms with Crippen molar-refractivity contribution in [2.45, 2.75) is 38.0 Å². The number of carbonyl (C=O) groups is 2. The third kappa shape index (κ3) is 5.23. The molecule has 38 heavy (non-hydrogen) atoms. The molecule has 0 radical (unpaired) electrons. The minimum Gasteiger partial charge on any atom is -0.375 e. The van der Waals surface area contributed by atoms with Crippen LogP contribution in [0.15, 0.2) is 41.6 Å². The molecule has 2 aromatic carbocycles. The van der Waals surface area contributed by atoms with Crippen molar-refractivity contribution in [2.75, 3.05) is 20.3 Å². The van der Waals surface area contributed by atoms with Crippen LogP contribution in [0.5, 0.6) is 0 Å². The molecular weight excluding hydrogens is 546 g/mol. The van der Waals surface area contributed by atoms with Crippen LogP contribution >= 0.6 is 23.2 Å². The predicted molar refractivity (Wildman–Crippen MR) is 133 cm³/mol. The number of aryl methyl sites for hydroxylation is 1. The van der Waals surface area contributed by atoms with Gasteiger partial charge in [-0.05, 0) is 61.2 Å². The zero-order valence-electron chi connectivity index (χ0n) is 20.4. The molecule has 2 aromatic rings. The second-order valence-corrected chi connectivity index (χ2v) is 10.3. The molecule has 0 aromatic heterocycles. The maximum absolute atomic E-state index is 14.3. The molecule has 1 saturated carbocycles. The first-order chi connectivity index (χ1) is 17.8. The van der Waals surface area contributed by atoms with Crippen LogP contribution in [0.1, 0.15) is 46.3 Å². The van der Waals surface area contributed by atoms with Crippen LogP contribution in [0.4, 0.5) is 13.2 Å². The maximum Gasteiger partial charge on any atom is 0.435 e. The van der Waals surface area contributed by atoms with Gasteiger partial charge in [0.1, 0.15) is 6.61 Å². The lowest BCUT2D eigenvalue weighted by atomic mass is 9.86. The molecule has 1 aliphatic heterocycles. The van der Waals surface area contributed by atoms with E-state index >= 15 is 0 Å². The first kappa shape index (κ1) is 27.9. The van der Waals surface area contributed by atoms with Gasteiger partial charge in [-0.2, -0.15) is 18.4 Å². The summed E-state index contributed by atoms with van der Waals surface area (Å²) in [6.45, 7) is 1.19. The number of nitriles is 1. The van der Waals surface area contributed by atoms with Gasteiger partial charge < -0.3 is 9.57 Å². The number of halogens is 5. The van der Waals surface area contributed by atoms with Gasteiger partial charge >= 0.3 is 6.18 Å². The Kier molecular flexibility index (Phi) is 7.49. The number of alkyl halides is 3. The Balaban J connectivity index is 1.62. The van der Waals surface area contributed by atoms with Crippen molar-refractivity contribution in [3.63, 3.8) is 0 Å². The first-order valence-electron chi connectivity index (χ1n) is 11.5. The number of methoxy groups -OCH3 is 1. The summed E-state index contributed by atoms with van der Waals surface area (Å²) in [5.74, 6) is -1.22. The van der Waals surface area contributed by atoms with Crippen LogP contribution < -0.4 is 0 Å². The average Bonchev–Trinajstić information content (AvgIpc) is 3.46. The van der Waals surface area contributed by atoms with Gasteiger partial charge in [-0.1, -0.05) is 34.4 Å². The fourth-order valence-electron chi connectivity index (χ4n) is 4.31. The Morgan fingerprint density at radius 1 is 1.18 bits per heavy atom. The summed E-state index contributed by atoms with van der Waals surface area (Å²) in [6.07, 6.45) is -4.35. The zero-order chi connectivity index (χ0) is 27.9.